The second-order valence-corrected chi connectivity index (χ2v) is 6.69. The van der Waals surface area contributed by atoms with E-state index in [1.165, 1.54) is 31.7 Å². The molecule has 1 atom stereocenters. The van der Waals surface area contributed by atoms with Crippen molar-refractivity contribution in [1.82, 2.24) is 15.1 Å². The molecule has 0 bridgehead atoms. The number of hydrogen-bond acceptors (Lipinski definition) is 3. The minimum atomic E-state index is 0.771. The number of thioether (sulfide) groups is 1. The molecule has 2 saturated heterocycles. The Morgan fingerprint density at radius 2 is 2.16 bits per heavy atom. The van der Waals surface area contributed by atoms with Gasteiger partial charge in [0, 0.05) is 37.2 Å². The summed E-state index contributed by atoms with van der Waals surface area (Å²) >= 11 is 2.11. The van der Waals surface area contributed by atoms with Crippen LogP contribution in [-0.4, -0.2) is 72.6 Å². The number of hydrogen-bond donors (Lipinski definition) is 1. The SMILES string of the molecule is CCNC(=NCCN1CCC1)N1CCSC(CC)C1. The van der Waals surface area contributed by atoms with E-state index in [4.69, 9.17) is 4.99 Å². The van der Waals surface area contributed by atoms with E-state index < -0.39 is 0 Å². The average Bonchev–Trinajstić information content (AvgIpc) is 2.40. The number of guanidine groups is 1. The third-order valence-electron chi connectivity index (χ3n) is 3.86. The standard InChI is InChI=1S/C14H28N4S/c1-3-13-12-18(10-11-19-13)14(15-4-2)16-6-9-17-7-5-8-17/h13H,3-12H2,1-2H3,(H,15,16). The van der Waals surface area contributed by atoms with Gasteiger partial charge in [-0.3, -0.25) is 4.99 Å². The summed E-state index contributed by atoms with van der Waals surface area (Å²) in [7, 11) is 0. The summed E-state index contributed by atoms with van der Waals surface area (Å²) in [5.41, 5.74) is 0. The fourth-order valence-electron chi connectivity index (χ4n) is 2.49. The highest BCUT2D eigenvalue weighted by atomic mass is 32.2. The Kier molecular flexibility index (Phi) is 6.31. The van der Waals surface area contributed by atoms with E-state index in [2.05, 4.69) is 40.7 Å². The molecule has 1 N–H and O–H groups in total. The molecule has 0 aromatic carbocycles. The molecule has 2 aliphatic heterocycles. The molecule has 2 fully saturated rings. The Labute approximate surface area is 122 Å². The molecule has 2 rings (SSSR count). The summed E-state index contributed by atoms with van der Waals surface area (Å²) < 4.78 is 0. The zero-order valence-corrected chi connectivity index (χ0v) is 13.2. The average molecular weight is 284 g/mol. The van der Waals surface area contributed by atoms with Gasteiger partial charge in [-0.25, -0.2) is 0 Å². The monoisotopic (exact) mass is 284 g/mol. The zero-order chi connectivity index (χ0) is 13.5. The largest absolute Gasteiger partial charge is 0.357 e. The van der Waals surface area contributed by atoms with Crippen LogP contribution >= 0.6 is 11.8 Å². The highest BCUT2D eigenvalue weighted by Crippen LogP contribution is 2.21. The summed E-state index contributed by atoms with van der Waals surface area (Å²) in [5.74, 6) is 2.36. The molecule has 1 unspecified atom stereocenters. The molecule has 0 aromatic rings. The third-order valence-corrected chi connectivity index (χ3v) is 5.23. The predicted molar refractivity (Wildman–Crippen MR) is 85.1 cm³/mol. The van der Waals surface area contributed by atoms with Crippen molar-refractivity contribution in [2.24, 2.45) is 4.99 Å². The Morgan fingerprint density at radius 1 is 1.32 bits per heavy atom. The van der Waals surface area contributed by atoms with Crippen LogP contribution in [0.5, 0.6) is 0 Å². The maximum Gasteiger partial charge on any atom is 0.194 e. The molecule has 0 spiro atoms. The van der Waals surface area contributed by atoms with Crippen molar-refractivity contribution < 1.29 is 0 Å². The first-order valence-corrected chi connectivity index (χ1v) is 8.75. The smallest absolute Gasteiger partial charge is 0.194 e. The van der Waals surface area contributed by atoms with Gasteiger partial charge >= 0.3 is 0 Å². The maximum absolute atomic E-state index is 4.81. The fraction of sp³-hybridized carbons (Fsp3) is 0.929. The van der Waals surface area contributed by atoms with Gasteiger partial charge in [-0.2, -0.15) is 11.8 Å². The van der Waals surface area contributed by atoms with Gasteiger partial charge in [-0.1, -0.05) is 6.92 Å². The lowest BCUT2D eigenvalue weighted by Crippen LogP contribution is -2.48. The lowest BCUT2D eigenvalue weighted by molar-refractivity contribution is 0.187. The van der Waals surface area contributed by atoms with E-state index in [-0.39, 0.29) is 0 Å². The van der Waals surface area contributed by atoms with Crippen molar-refractivity contribution >= 4 is 17.7 Å². The molecular formula is C14H28N4S. The molecule has 4 nitrogen and oxygen atoms in total. The van der Waals surface area contributed by atoms with Crippen LogP contribution in [0.3, 0.4) is 0 Å². The molecule has 2 heterocycles. The molecule has 0 radical (unpaired) electrons. The van der Waals surface area contributed by atoms with Crippen LogP contribution in [0.15, 0.2) is 4.99 Å². The van der Waals surface area contributed by atoms with Crippen molar-refractivity contribution in [3.8, 4) is 0 Å². The Hall–Kier alpha value is -0.420. The van der Waals surface area contributed by atoms with Crippen LogP contribution in [0.25, 0.3) is 0 Å². The van der Waals surface area contributed by atoms with Crippen molar-refractivity contribution in [3.63, 3.8) is 0 Å². The minimum absolute atomic E-state index is 0.771. The second-order valence-electron chi connectivity index (χ2n) is 5.28. The van der Waals surface area contributed by atoms with E-state index >= 15 is 0 Å². The molecule has 19 heavy (non-hydrogen) atoms. The van der Waals surface area contributed by atoms with Gasteiger partial charge in [0.15, 0.2) is 5.96 Å². The lowest BCUT2D eigenvalue weighted by Gasteiger charge is -2.34. The highest BCUT2D eigenvalue weighted by Gasteiger charge is 2.21. The summed E-state index contributed by atoms with van der Waals surface area (Å²) in [5, 5.41) is 4.23. The van der Waals surface area contributed by atoms with Crippen LogP contribution in [0.1, 0.15) is 26.7 Å². The van der Waals surface area contributed by atoms with Crippen molar-refractivity contribution in [2.75, 3.05) is 51.6 Å². The van der Waals surface area contributed by atoms with Gasteiger partial charge in [0.05, 0.1) is 6.54 Å². The molecule has 110 valence electrons. The molecule has 0 saturated carbocycles. The lowest BCUT2D eigenvalue weighted by atomic mass is 10.2. The van der Waals surface area contributed by atoms with Crippen LogP contribution in [0.4, 0.5) is 0 Å². The first-order valence-electron chi connectivity index (χ1n) is 7.70. The summed E-state index contributed by atoms with van der Waals surface area (Å²) in [4.78, 5) is 9.74. The topological polar surface area (TPSA) is 30.9 Å². The Balaban J connectivity index is 1.83. The Bertz CT molecular complexity index is 291. The number of nitrogens with one attached hydrogen (secondary N) is 1. The first kappa shape index (κ1) is 15.0. The maximum atomic E-state index is 4.81. The fourth-order valence-corrected chi connectivity index (χ4v) is 3.67. The van der Waals surface area contributed by atoms with Crippen molar-refractivity contribution in [3.05, 3.63) is 0 Å². The number of nitrogens with zero attached hydrogens (tertiary/aromatic N) is 3. The molecule has 0 aliphatic carbocycles. The number of likely N-dealkylation sites (tertiary alicyclic amines) is 1. The van der Waals surface area contributed by atoms with Gasteiger partial charge < -0.3 is 15.1 Å². The summed E-state index contributed by atoms with van der Waals surface area (Å²) in [6.07, 6.45) is 2.62. The molecule has 2 aliphatic rings. The van der Waals surface area contributed by atoms with E-state index in [0.717, 1.165) is 43.9 Å². The summed E-state index contributed by atoms with van der Waals surface area (Å²) in [6.45, 7) is 12.3. The molecule has 0 aromatic heterocycles. The van der Waals surface area contributed by atoms with Gasteiger partial charge in [-0.05, 0) is 32.9 Å². The molecule has 0 amide bonds. The van der Waals surface area contributed by atoms with Crippen molar-refractivity contribution in [1.29, 1.82) is 0 Å². The van der Waals surface area contributed by atoms with Gasteiger partial charge in [0.1, 0.15) is 0 Å². The third kappa shape index (κ3) is 4.56. The van der Waals surface area contributed by atoms with Crippen LogP contribution in [-0.2, 0) is 0 Å². The normalized spacial score (nSPS) is 25.3. The zero-order valence-electron chi connectivity index (χ0n) is 12.4. The quantitative estimate of drug-likeness (QED) is 0.612. The predicted octanol–water partition coefficient (Wildman–Crippen LogP) is 1.48. The number of rotatable bonds is 5. The van der Waals surface area contributed by atoms with Crippen LogP contribution in [0.2, 0.25) is 0 Å². The van der Waals surface area contributed by atoms with E-state index in [1.807, 2.05) is 0 Å². The summed E-state index contributed by atoms with van der Waals surface area (Å²) in [6, 6.07) is 0. The van der Waals surface area contributed by atoms with Gasteiger partial charge in [0.25, 0.3) is 0 Å². The number of aliphatic imine (C=N–C) groups is 1. The minimum Gasteiger partial charge on any atom is -0.357 e. The Morgan fingerprint density at radius 3 is 2.79 bits per heavy atom. The highest BCUT2D eigenvalue weighted by molar-refractivity contribution is 8.00. The van der Waals surface area contributed by atoms with Gasteiger partial charge in [0.2, 0.25) is 0 Å². The van der Waals surface area contributed by atoms with E-state index in [0.29, 0.717) is 0 Å². The molecule has 5 heteroatoms. The first-order chi connectivity index (χ1) is 9.33. The van der Waals surface area contributed by atoms with Gasteiger partial charge in [-0.15, -0.1) is 0 Å². The van der Waals surface area contributed by atoms with Crippen molar-refractivity contribution in [2.45, 2.75) is 31.9 Å². The molecular weight excluding hydrogens is 256 g/mol. The van der Waals surface area contributed by atoms with Crippen LogP contribution in [0, 0.1) is 0 Å². The second kappa shape index (κ2) is 8.00. The van der Waals surface area contributed by atoms with Crippen LogP contribution < -0.4 is 5.32 Å². The van der Waals surface area contributed by atoms with E-state index in [1.54, 1.807) is 0 Å². The van der Waals surface area contributed by atoms with E-state index in [9.17, 15) is 0 Å².